The Bertz CT molecular complexity index is 106. The summed E-state index contributed by atoms with van der Waals surface area (Å²) in [5, 5.41) is 0. The summed E-state index contributed by atoms with van der Waals surface area (Å²) in [5.74, 6) is 0.465. The Morgan fingerprint density at radius 3 is 2.50 bits per heavy atom. The highest BCUT2D eigenvalue weighted by Gasteiger charge is 2.08. The standard InChI is InChI=1S/C6H10Cl2O2/c1-5(9)10-6(4-8)2-3-7/h6H,2-4H2,1H3. The monoisotopic (exact) mass is 184 g/mol. The number of esters is 1. The molecule has 0 heterocycles. The summed E-state index contributed by atoms with van der Waals surface area (Å²) in [6.45, 7) is 1.35. The molecule has 0 aromatic rings. The van der Waals surface area contributed by atoms with Gasteiger partial charge in [0.1, 0.15) is 6.10 Å². The zero-order chi connectivity index (χ0) is 7.98. The zero-order valence-corrected chi connectivity index (χ0v) is 7.28. The lowest BCUT2D eigenvalue weighted by Gasteiger charge is -2.11. The van der Waals surface area contributed by atoms with Crippen molar-refractivity contribution >= 4 is 29.2 Å². The first kappa shape index (κ1) is 10.0. The molecule has 0 N–H and O–H groups in total. The average molecular weight is 185 g/mol. The SMILES string of the molecule is CC(=O)OC(CCl)CCCl. The molecule has 1 unspecified atom stereocenters. The van der Waals surface area contributed by atoms with Crippen LogP contribution in [0.2, 0.25) is 0 Å². The first-order chi connectivity index (χ1) is 4.70. The molecular formula is C6H10Cl2O2. The summed E-state index contributed by atoms with van der Waals surface area (Å²) in [5.41, 5.74) is 0. The number of hydrogen-bond acceptors (Lipinski definition) is 2. The summed E-state index contributed by atoms with van der Waals surface area (Å²) in [6, 6.07) is 0. The highest BCUT2D eigenvalue weighted by molar-refractivity contribution is 6.19. The van der Waals surface area contributed by atoms with Gasteiger partial charge in [0.15, 0.2) is 0 Å². The van der Waals surface area contributed by atoms with Crippen molar-refractivity contribution in [3.05, 3.63) is 0 Å². The fourth-order valence-corrected chi connectivity index (χ4v) is 0.985. The lowest BCUT2D eigenvalue weighted by molar-refractivity contribution is -0.145. The molecule has 60 valence electrons. The van der Waals surface area contributed by atoms with E-state index in [9.17, 15) is 4.79 Å². The van der Waals surface area contributed by atoms with Crippen molar-refractivity contribution < 1.29 is 9.53 Å². The molecule has 0 radical (unpaired) electrons. The summed E-state index contributed by atoms with van der Waals surface area (Å²) >= 11 is 10.9. The minimum absolute atomic E-state index is 0.225. The number of halogens is 2. The second-order valence-corrected chi connectivity index (χ2v) is 2.55. The third-order valence-corrected chi connectivity index (χ3v) is 1.50. The molecule has 10 heavy (non-hydrogen) atoms. The van der Waals surface area contributed by atoms with Crippen molar-refractivity contribution in [2.24, 2.45) is 0 Å². The number of alkyl halides is 2. The summed E-state index contributed by atoms with van der Waals surface area (Å²) in [6.07, 6.45) is 0.390. The molecule has 0 saturated heterocycles. The van der Waals surface area contributed by atoms with E-state index in [0.717, 1.165) is 0 Å². The van der Waals surface area contributed by atoms with Crippen molar-refractivity contribution in [3.63, 3.8) is 0 Å². The van der Waals surface area contributed by atoms with Crippen LogP contribution in [0.1, 0.15) is 13.3 Å². The van der Waals surface area contributed by atoms with Crippen LogP contribution in [-0.2, 0) is 9.53 Å². The normalized spacial score (nSPS) is 12.7. The third-order valence-electron chi connectivity index (χ3n) is 0.936. The maximum absolute atomic E-state index is 10.4. The minimum atomic E-state index is -0.309. The Morgan fingerprint density at radius 2 is 2.20 bits per heavy atom. The highest BCUT2D eigenvalue weighted by atomic mass is 35.5. The molecule has 0 spiro atoms. The topological polar surface area (TPSA) is 26.3 Å². The van der Waals surface area contributed by atoms with E-state index in [1.54, 1.807) is 0 Å². The van der Waals surface area contributed by atoms with E-state index in [4.69, 9.17) is 27.9 Å². The van der Waals surface area contributed by atoms with E-state index >= 15 is 0 Å². The second-order valence-electron chi connectivity index (χ2n) is 1.86. The summed E-state index contributed by atoms with van der Waals surface area (Å²) in [4.78, 5) is 10.4. The van der Waals surface area contributed by atoms with Gasteiger partial charge in [-0.3, -0.25) is 4.79 Å². The molecule has 0 bridgehead atoms. The molecular weight excluding hydrogens is 175 g/mol. The van der Waals surface area contributed by atoms with Gasteiger partial charge < -0.3 is 4.74 Å². The molecule has 0 aliphatic rings. The highest BCUT2D eigenvalue weighted by Crippen LogP contribution is 2.02. The predicted octanol–water partition coefficient (Wildman–Crippen LogP) is 1.79. The van der Waals surface area contributed by atoms with Crippen LogP contribution in [-0.4, -0.2) is 23.8 Å². The van der Waals surface area contributed by atoms with Crippen LogP contribution in [0.4, 0.5) is 0 Å². The second kappa shape index (κ2) is 5.81. The number of hydrogen-bond donors (Lipinski definition) is 0. The first-order valence-corrected chi connectivity index (χ1v) is 4.06. The van der Waals surface area contributed by atoms with Gasteiger partial charge in [-0.05, 0) is 6.42 Å². The number of carbonyl (C=O) groups is 1. The molecule has 2 nitrogen and oxygen atoms in total. The van der Waals surface area contributed by atoms with Crippen LogP contribution in [0.15, 0.2) is 0 Å². The van der Waals surface area contributed by atoms with E-state index in [-0.39, 0.29) is 12.1 Å². The molecule has 0 fully saturated rings. The Kier molecular flexibility index (Phi) is 5.84. The predicted molar refractivity (Wildman–Crippen MR) is 41.6 cm³/mol. The Morgan fingerprint density at radius 1 is 1.60 bits per heavy atom. The summed E-state index contributed by atoms with van der Waals surface area (Å²) < 4.78 is 4.78. The molecule has 0 amide bonds. The molecule has 0 aromatic heterocycles. The van der Waals surface area contributed by atoms with Crippen LogP contribution in [0.5, 0.6) is 0 Å². The van der Waals surface area contributed by atoms with Gasteiger partial charge in [-0.25, -0.2) is 0 Å². The van der Waals surface area contributed by atoms with Crippen LogP contribution < -0.4 is 0 Å². The summed E-state index contributed by atoms with van der Waals surface area (Å²) in [7, 11) is 0. The van der Waals surface area contributed by atoms with Crippen molar-refractivity contribution in [2.75, 3.05) is 11.8 Å². The van der Waals surface area contributed by atoms with Gasteiger partial charge in [-0.1, -0.05) is 0 Å². The van der Waals surface area contributed by atoms with Crippen LogP contribution in [0.25, 0.3) is 0 Å². The molecule has 0 saturated carbocycles. The van der Waals surface area contributed by atoms with E-state index in [1.807, 2.05) is 0 Å². The quantitative estimate of drug-likeness (QED) is 0.493. The molecule has 4 heteroatoms. The van der Waals surface area contributed by atoms with Crippen molar-refractivity contribution in [2.45, 2.75) is 19.4 Å². The maximum Gasteiger partial charge on any atom is 0.302 e. The molecule has 0 aromatic carbocycles. The maximum atomic E-state index is 10.4. The van der Waals surface area contributed by atoms with Crippen molar-refractivity contribution in [1.29, 1.82) is 0 Å². The molecule has 1 atom stereocenters. The van der Waals surface area contributed by atoms with Gasteiger partial charge in [0.25, 0.3) is 0 Å². The lowest BCUT2D eigenvalue weighted by atomic mass is 10.3. The van der Waals surface area contributed by atoms with Gasteiger partial charge in [0.2, 0.25) is 0 Å². The largest absolute Gasteiger partial charge is 0.461 e. The van der Waals surface area contributed by atoms with Crippen LogP contribution in [0.3, 0.4) is 0 Å². The van der Waals surface area contributed by atoms with Crippen molar-refractivity contribution in [1.82, 2.24) is 0 Å². The fraction of sp³-hybridized carbons (Fsp3) is 0.833. The van der Waals surface area contributed by atoms with Crippen molar-refractivity contribution in [3.8, 4) is 0 Å². The molecule has 0 aliphatic carbocycles. The smallest absolute Gasteiger partial charge is 0.302 e. The minimum Gasteiger partial charge on any atom is -0.461 e. The van der Waals surface area contributed by atoms with Gasteiger partial charge in [-0.15, -0.1) is 23.2 Å². The van der Waals surface area contributed by atoms with E-state index in [1.165, 1.54) is 6.92 Å². The number of carbonyl (C=O) groups excluding carboxylic acids is 1. The van der Waals surface area contributed by atoms with Gasteiger partial charge in [-0.2, -0.15) is 0 Å². The van der Waals surface area contributed by atoms with Gasteiger partial charge in [0.05, 0.1) is 5.88 Å². The first-order valence-electron chi connectivity index (χ1n) is 2.99. The van der Waals surface area contributed by atoms with Gasteiger partial charge in [0, 0.05) is 12.8 Å². The number of rotatable bonds is 4. The fourth-order valence-electron chi connectivity index (χ4n) is 0.524. The third kappa shape index (κ3) is 4.89. The lowest BCUT2D eigenvalue weighted by Crippen LogP contribution is -2.18. The Labute approximate surface area is 70.4 Å². The Hall–Kier alpha value is 0.0500. The van der Waals surface area contributed by atoms with Crippen LogP contribution >= 0.6 is 23.2 Å². The van der Waals surface area contributed by atoms with Crippen LogP contribution in [0, 0.1) is 0 Å². The molecule has 0 rings (SSSR count). The molecule has 0 aliphatic heterocycles. The van der Waals surface area contributed by atoms with E-state index in [0.29, 0.717) is 18.2 Å². The van der Waals surface area contributed by atoms with E-state index < -0.39 is 0 Å². The van der Waals surface area contributed by atoms with Gasteiger partial charge >= 0.3 is 5.97 Å². The van der Waals surface area contributed by atoms with E-state index in [2.05, 4.69) is 0 Å². The number of ether oxygens (including phenoxy) is 1. The average Bonchev–Trinajstić information content (AvgIpc) is 1.86. The Balaban J connectivity index is 3.49. The zero-order valence-electron chi connectivity index (χ0n) is 5.77.